The lowest BCUT2D eigenvalue weighted by Gasteiger charge is -2.13. The first-order valence-electron chi connectivity index (χ1n) is 9.29. The number of nitrogens with zero attached hydrogens (tertiary/aromatic N) is 2. The summed E-state index contributed by atoms with van der Waals surface area (Å²) in [6.07, 6.45) is 4.23. The maximum Gasteiger partial charge on any atom is 0.258 e. The van der Waals surface area contributed by atoms with Crippen molar-refractivity contribution in [3.8, 4) is 28.6 Å². The fourth-order valence-corrected chi connectivity index (χ4v) is 4.38. The molecule has 28 heavy (non-hydrogen) atoms. The van der Waals surface area contributed by atoms with Gasteiger partial charge in [-0.25, -0.2) is 8.42 Å². The van der Waals surface area contributed by atoms with E-state index in [4.69, 9.17) is 9.26 Å². The third kappa shape index (κ3) is 3.54. The molecule has 1 aromatic heterocycles. The average molecular weight is 398 g/mol. The maximum atomic E-state index is 12.2. The third-order valence-corrected chi connectivity index (χ3v) is 5.88. The Labute approximate surface area is 164 Å². The fraction of sp³-hybridized carbons (Fsp3) is 0.333. The van der Waals surface area contributed by atoms with Crippen LogP contribution in [0.3, 0.4) is 0 Å². The number of benzene rings is 2. The van der Waals surface area contributed by atoms with E-state index < -0.39 is 9.84 Å². The Morgan fingerprint density at radius 2 is 1.96 bits per heavy atom. The largest absolute Gasteiger partial charge is 0.490 e. The van der Waals surface area contributed by atoms with Gasteiger partial charge >= 0.3 is 0 Å². The molecule has 0 N–H and O–H groups in total. The Morgan fingerprint density at radius 3 is 2.71 bits per heavy atom. The Kier molecular flexibility index (Phi) is 4.71. The smallest absolute Gasteiger partial charge is 0.258 e. The summed E-state index contributed by atoms with van der Waals surface area (Å²) in [4.78, 5) is 4.64. The van der Waals surface area contributed by atoms with E-state index in [-0.39, 0.29) is 16.9 Å². The van der Waals surface area contributed by atoms with Crippen LogP contribution in [0.5, 0.6) is 5.75 Å². The van der Waals surface area contributed by atoms with Crippen molar-refractivity contribution in [2.75, 3.05) is 6.26 Å². The molecule has 7 heteroatoms. The molecule has 0 spiro atoms. The first-order valence-corrected chi connectivity index (χ1v) is 11.2. The molecule has 6 nitrogen and oxygen atoms in total. The van der Waals surface area contributed by atoms with Crippen LogP contribution in [0.2, 0.25) is 0 Å². The van der Waals surface area contributed by atoms with Crippen LogP contribution in [-0.2, 0) is 22.7 Å². The molecule has 146 valence electrons. The van der Waals surface area contributed by atoms with Crippen molar-refractivity contribution in [3.05, 3.63) is 47.5 Å². The SMILES string of the molecule is CC(C)Oc1ccc(-c2nc(-c3cccc4c3CCC4)no2)cc1S(C)(=O)=O. The highest BCUT2D eigenvalue weighted by molar-refractivity contribution is 7.90. The highest BCUT2D eigenvalue weighted by atomic mass is 32.2. The summed E-state index contributed by atoms with van der Waals surface area (Å²) in [6, 6.07) is 11.0. The van der Waals surface area contributed by atoms with Crippen molar-refractivity contribution >= 4 is 9.84 Å². The van der Waals surface area contributed by atoms with E-state index in [2.05, 4.69) is 16.2 Å². The Morgan fingerprint density at radius 1 is 1.14 bits per heavy atom. The molecular weight excluding hydrogens is 376 g/mol. The van der Waals surface area contributed by atoms with Crippen molar-refractivity contribution < 1.29 is 17.7 Å². The van der Waals surface area contributed by atoms with Crippen LogP contribution in [0.25, 0.3) is 22.8 Å². The minimum absolute atomic E-state index is 0.110. The molecule has 0 aliphatic heterocycles. The summed E-state index contributed by atoms with van der Waals surface area (Å²) >= 11 is 0. The summed E-state index contributed by atoms with van der Waals surface area (Å²) in [7, 11) is -3.48. The van der Waals surface area contributed by atoms with E-state index in [0.717, 1.165) is 31.1 Å². The molecular formula is C21H22N2O4S. The van der Waals surface area contributed by atoms with E-state index in [1.165, 1.54) is 17.2 Å². The molecule has 0 saturated heterocycles. The molecule has 0 unspecified atom stereocenters. The average Bonchev–Trinajstić information content (AvgIpc) is 3.30. The van der Waals surface area contributed by atoms with Gasteiger partial charge in [-0.05, 0) is 62.4 Å². The quantitative estimate of drug-likeness (QED) is 0.644. The molecule has 0 amide bonds. The molecule has 1 heterocycles. The van der Waals surface area contributed by atoms with Crippen LogP contribution in [0, 0.1) is 0 Å². The number of hydrogen-bond donors (Lipinski definition) is 0. The van der Waals surface area contributed by atoms with Crippen molar-refractivity contribution in [2.45, 2.75) is 44.1 Å². The molecule has 1 aliphatic rings. The van der Waals surface area contributed by atoms with Gasteiger partial charge in [-0.1, -0.05) is 23.4 Å². The standard InChI is InChI=1S/C21H22N2O4S/c1-13(2)26-18-11-10-15(12-19(18)28(3,24)25)21-22-20(23-27-21)17-9-5-7-14-6-4-8-16(14)17/h5,7,9-13H,4,6,8H2,1-3H3. The number of aromatic nitrogens is 2. The van der Waals surface area contributed by atoms with Gasteiger partial charge in [0.2, 0.25) is 5.82 Å². The molecule has 0 atom stereocenters. The van der Waals surface area contributed by atoms with Crippen LogP contribution >= 0.6 is 0 Å². The zero-order valence-corrected chi connectivity index (χ0v) is 16.9. The van der Waals surface area contributed by atoms with Crippen LogP contribution in [0.4, 0.5) is 0 Å². The number of rotatable bonds is 5. The Balaban J connectivity index is 1.74. The minimum Gasteiger partial charge on any atom is -0.490 e. The second-order valence-corrected chi connectivity index (χ2v) is 9.30. The Bertz CT molecular complexity index is 1130. The van der Waals surface area contributed by atoms with Gasteiger partial charge in [0.1, 0.15) is 10.6 Å². The number of sulfone groups is 1. The number of hydrogen-bond acceptors (Lipinski definition) is 6. The molecule has 3 aromatic rings. The first kappa shape index (κ1) is 18.7. The number of ether oxygens (including phenoxy) is 1. The summed E-state index contributed by atoms with van der Waals surface area (Å²) in [5.74, 6) is 1.13. The van der Waals surface area contributed by atoms with Gasteiger partial charge in [-0.3, -0.25) is 0 Å². The van der Waals surface area contributed by atoms with Gasteiger partial charge in [-0.2, -0.15) is 4.98 Å². The summed E-state index contributed by atoms with van der Waals surface area (Å²) in [5.41, 5.74) is 4.13. The van der Waals surface area contributed by atoms with E-state index in [9.17, 15) is 8.42 Å². The van der Waals surface area contributed by atoms with Gasteiger partial charge in [0, 0.05) is 17.4 Å². The van der Waals surface area contributed by atoms with Crippen molar-refractivity contribution in [3.63, 3.8) is 0 Å². The van der Waals surface area contributed by atoms with Crippen molar-refractivity contribution in [1.29, 1.82) is 0 Å². The second kappa shape index (κ2) is 7.05. The van der Waals surface area contributed by atoms with Crippen LogP contribution in [-0.4, -0.2) is 30.9 Å². The van der Waals surface area contributed by atoms with E-state index in [1.54, 1.807) is 12.1 Å². The monoisotopic (exact) mass is 398 g/mol. The lowest BCUT2D eigenvalue weighted by atomic mass is 10.0. The molecule has 0 saturated carbocycles. The number of fused-ring (bicyclic) bond motifs is 1. The lowest BCUT2D eigenvalue weighted by molar-refractivity contribution is 0.236. The van der Waals surface area contributed by atoms with Gasteiger partial charge in [0.05, 0.1) is 6.10 Å². The predicted octanol–water partition coefficient (Wildman–Crippen LogP) is 4.08. The van der Waals surface area contributed by atoms with Gasteiger partial charge in [0.25, 0.3) is 5.89 Å². The minimum atomic E-state index is -3.48. The van der Waals surface area contributed by atoms with E-state index in [0.29, 0.717) is 17.1 Å². The lowest BCUT2D eigenvalue weighted by Crippen LogP contribution is -2.09. The Hall–Kier alpha value is -2.67. The fourth-order valence-electron chi connectivity index (χ4n) is 3.56. The van der Waals surface area contributed by atoms with Crippen LogP contribution in [0.15, 0.2) is 45.8 Å². The van der Waals surface area contributed by atoms with Gasteiger partial charge < -0.3 is 9.26 Å². The summed E-state index contributed by atoms with van der Waals surface area (Å²) in [6.45, 7) is 3.70. The van der Waals surface area contributed by atoms with Gasteiger partial charge in [-0.15, -0.1) is 0 Å². The number of aryl methyl sites for hydroxylation is 1. The van der Waals surface area contributed by atoms with E-state index >= 15 is 0 Å². The van der Waals surface area contributed by atoms with Crippen LogP contribution < -0.4 is 4.74 Å². The van der Waals surface area contributed by atoms with Crippen molar-refractivity contribution in [2.24, 2.45) is 0 Å². The molecule has 0 fully saturated rings. The topological polar surface area (TPSA) is 82.3 Å². The van der Waals surface area contributed by atoms with Crippen molar-refractivity contribution in [1.82, 2.24) is 10.1 Å². The highest BCUT2D eigenvalue weighted by Crippen LogP contribution is 2.34. The molecule has 2 aromatic carbocycles. The maximum absolute atomic E-state index is 12.2. The third-order valence-electron chi connectivity index (χ3n) is 4.77. The van der Waals surface area contributed by atoms with E-state index in [1.807, 2.05) is 26.0 Å². The molecule has 4 rings (SSSR count). The molecule has 1 aliphatic carbocycles. The second-order valence-electron chi connectivity index (χ2n) is 7.32. The first-order chi connectivity index (χ1) is 13.3. The molecule has 0 bridgehead atoms. The van der Waals surface area contributed by atoms with Gasteiger partial charge in [0.15, 0.2) is 9.84 Å². The normalized spacial score (nSPS) is 13.7. The molecule has 0 radical (unpaired) electrons. The van der Waals surface area contributed by atoms with Crippen LogP contribution in [0.1, 0.15) is 31.4 Å². The zero-order valence-electron chi connectivity index (χ0n) is 16.1. The summed E-state index contributed by atoms with van der Waals surface area (Å²) in [5, 5.41) is 4.14. The summed E-state index contributed by atoms with van der Waals surface area (Å²) < 4.78 is 35.6. The zero-order chi connectivity index (χ0) is 19.9. The highest BCUT2D eigenvalue weighted by Gasteiger charge is 2.21. The predicted molar refractivity (Wildman–Crippen MR) is 106 cm³/mol.